The Morgan fingerprint density at radius 1 is 1.29 bits per heavy atom. The van der Waals surface area contributed by atoms with Gasteiger partial charge in [0.15, 0.2) is 0 Å². The van der Waals surface area contributed by atoms with Gasteiger partial charge >= 0.3 is 0 Å². The van der Waals surface area contributed by atoms with E-state index in [0.717, 1.165) is 42.7 Å². The van der Waals surface area contributed by atoms with E-state index >= 15 is 0 Å². The predicted octanol–water partition coefficient (Wildman–Crippen LogP) is 3.99. The monoisotopic (exact) mass is 454 g/mol. The van der Waals surface area contributed by atoms with Gasteiger partial charge < -0.3 is 10.1 Å². The van der Waals surface area contributed by atoms with Crippen molar-refractivity contribution in [1.29, 1.82) is 5.26 Å². The van der Waals surface area contributed by atoms with E-state index in [2.05, 4.69) is 26.9 Å². The number of aryl methyl sites for hydroxylation is 1. The molecule has 1 aromatic carbocycles. The van der Waals surface area contributed by atoms with Crippen molar-refractivity contribution in [2.75, 3.05) is 12.4 Å². The third-order valence-electron chi connectivity index (χ3n) is 5.18. The summed E-state index contributed by atoms with van der Waals surface area (Å²) in [4.78, 5) is 14.1. The fourth-order valence-electron chi connectivity index (χ4n) is 3.51. The van der Waals surface area contributed by atoms with Crippen molar-refractivity contribution in [3.63, 3.8) is 0 Å². The molecular weight excluding hydrogens is 432 g/mol. The van der Waals surface area contributed by atoms with Crippen LogP contribution in [0.15, 0.2) is 29.4 Å². The average Bonchev–Trinajstić information content (AvgIpc) is 3.30. The molecule has 4 rings (SSSR count). The number of nitrogens with one attached hydrogen (secondary N) is 1. The third kappa shape index (κ3) is 4.57. The van der Waals surface area contributed by atoms with Gasteiger partial charge in [0.1, 0.15) is 16.8 Å². The highest BCUT2D eigenvalue weighted by molar-refractivity contribution is 8.00. The molecule has 0 spiro atoms. The minimum atomic E-state index is -0.448. The molecule has 1 aliphatic carbocycles. The molecule has 3 aromatic rings. The van der Waals surface area contributed by atoms with Crippen molar-refractivity contribution >= 4 is 34.0 Å². The van der Waals surface area contributed by atoms with E-state index in [1.54, 1.807) is 18.7 Å². The number of amides is 1. The van der Waals surface area contributed by atoms with E-state index in [1.807, 2.05) is 24.3 Å². The van der Waals surface area contributed by atoms with Gasteiger partial charge in [0.2, 0.25) is 11.1 Å². The molecule has 0 bridgehead atoms. The first-order valence-corrected chi connectivity index (χ1v) is 11.7. The number of hydrogen-bond acceptors (Lipinski definition) is 8. The van der Waals surface area contributed by atoms with Crippen molar-refractivity contribution in [1.82, 2.24) is 20.2 Å². The fourth-order valence-corrected chi connectivity index (χ4v) is 5.56. The molecule has 1 atom stereocenters. The number of nitriles is 1. The van der Waals surface area contributed by atoms with Gasteiger partial charge in [-0.2, -0.15) is 9.94 Å². The summed E-state index contributed by atoms with van der Waals surface area (Å²) in [6.07, 6.45) is 5.29. The summed E-state index contributed by atoms with van der Waals surface area (Å²) in [5.74, 6) is 0.559. The van der Waals surface area contributed by atoms with Crippen LogP contribution in [0.2, 0.25) is 0 Å². The Morgan fingerprint density at radius 2 is 2.06 bits per heavy atom. The van der Waals surface area contributed by atoms with Crippen LogP contribution in [-0.4, -0.2) is 38.5 Å². The second-order valence-electron chi connectivity index (χ2n) is 7.20. The number of thioether (sulfide) groups is 1. The number of carbonyl (C=O) groups is 1. The number of methoxy groups -OCH3 is 1. The topological polar surface area (TPSA) is 106 Å². The van der Waals surface area contributed by atoms with Gasteiger partial charge in [0, 0.05) is 4.88 Å². The summed E-state index contributed by atoms with van der Waals surface area (Å²) in [5, 5.41) is 25.2. The molecule has 1 aliphatic rings. The van der Waals surface area contributed by atoms with E-state index < -0.39 is 5.25 Å². The zero-order chi connectivity index (χ0) is 21.8. The maximum absolute atomic E-state index is 12.9. The number of tetrazole rings is 1. The van der Waals surface area contributed by atoms with Crippen LogP contribution in [0.25, 0.3) is 5.69 Å². The summed E-state index contributed by atoms with van der Waals surface area (Å²) in [5.41, 5.74) is 2.51. The highest BCUT2D eigenvalue weighted by Gasteiger charge is 2.24. The van der Waals surface area contributed by atoms with Crippen LogP contribution in [0.4, 0.5) is 5.00 Å². The number of hydrogen-bond donors (Lipinski definition) is 1. The Morgan fingerprint density at radius 3 is 2.81 bits per heavy atom. The molecule has 2 aromatic heterocycles. The Hall–Kier alpha value is -2.90. The van der Waals surface area contributed by atoms with Crippen molar-refractivity contribution < 1.29 is 9.53 Å². The SMILES string of the molecule is COc1ccc(-n2nnnc2SC(C)C(=O)Nc2sc3c(c2C#N)CCCCC3)cc1. The first kappa shape index (κ1) is 21.3. The van der Waals surface area contributed by atoms with Crippen LogP contribution < -0.4 is 10.1 Å². The minimum Gasteiger partial charge on any atom is -0.497 e. The smallest absolute Gasteiger partial charge is 0.238 e. The molecule has 2 heterocycles. The van der Waals surface area contributed by atoms with Crippen LogP contribution in [0.3, 0.4) is 0 Å². The zero-order valence-corrected chi connectivity index (χ0v) is 18.9. The fraction of sp³-hybridized carbons (Fsp3) is 0.381. The lowest BCUT2D eigenvalue weighted by molar-refractivity contribution is -0.115. The van der Waals surface area contributed by atoms with Crippen LogP contribution in [0.1, 0.15) is 42.2 Å². The number of ether oxygens (including phenoxy) is 1. The number of carbonyl (C=O) groups excluding carboxylic acids is 1. The van der Waals surface area contributed by atoms with Crippen molar-refractivity contribution in [2.45, 2.75) is 49.4 Å². The first-order chi connectivity index (χ1) is 15.1. The van der Waals surface area contributed by atoms with Gasteiger partial charge in [-0.15, -0.1) is 16.4 Å². The summed E-state index contributed by atoms with van der Waals surface area (Å²) in [7, 11) is 1.61. The highest BCUT2D eigenvalue weighted by Crippen LogP contribution is 2.37. The van der Waals surface area contributed by atoms with Gasteiger partial charge in [-0.05, 0) is 72.9 Å². The van der Waals surface area contributed by atoms with Crippen molar-refractivity contribution in [3.8, 4) is 17.5 Å². The Kier molecular flexibility index (Phi) is 6.53. The number of aromatic nitrogens is 4. The van der Waals surface area contributed by atoms with Crippen LogP contribution in [0, 0.1) is 11.3 Å². The number of benzene rings is 1. The van der Waals surface area contributed by atoms with Crippen molar-refractivity contribution in [3.05, 3.63) is 40.3 Å². The lowest BCUT2D eigenvalue weighted by Gasteiger charge is -2.11. The van der Waals surface area contributed by atoms with Gasteiger partial charge in [-0.25, -0.2) is 0 Å². The zero-order valence-electron chi connectivity index (χ0n) is 17.3. The van der Waals surface area contributed by atoms with E-state index in [4.69, 9.17) is 4.74 Å². The molecule has 0 aliphatic heterocycles. The summed E-state index contributed by atoms with van der Waals surface area (Å²) >= 11 is 2.80. The molecule has 160 valence electrons. The molecule has 0 fully saturated rings. The minimum absolute atomic E-state index is 0.179. The molecule has 31 heavy (non-hydrogen) atoms. The highest BCUT2D eigenvalue weighted by atomic mass is 32.2. The van der Waals surface area contributed by atoms with E-state index in [9.17, 15) is 10.1 Å². The number of nitrogens with zero attached hydrogens (tertiary/aromatic N) is 5. The Balaban J connectivity index is 1.48. The standard InChI is InChI=1S/C21H22N6O2S2/c1-13(30-21-24-25-26-27(21)14-8-10-15(29-2)11-9-14)19(28)23-20-17(12-22)16-6-4-3-5-7-18(16)31-20/h8-11,13H,3-7H2,1-2H3,(H,23,28). The molecule has 0 radical (unpaired) electrons. The molecular formula is C21H22N6O2S2. The summed E-state index contributed by atoms with van der Waals surface area (Å²) in [6.45, 7) is 1.80. The maximum Gasteiger partial charge on any atom is 0.238 e. The number of anilines is 1. The predicted molar refractivity (Wildman–Crippen MR) is 120 cm³/mol. The summed E-state index contributed by atoms with van der Waals surface area (Å²) in [6, 6.07) is 9.65. The molecule has 8 nitrogen and oxygen atoms in total. The van der Waals surface area contributed by atoms with E-state index in [0.29, 0.717) is 15.7 Å². The lowest BCUT2D eigenvalue weighted by Crippen LogP contribution is -2.23. The molecule has 10 heteroatoms. The van der Waals surface area contributed by atoms with E-state index in [1.165, 1.54) is 34.4 Å². The lowest BCUT2D eigenvalue weighted by atomic mass is 10.1. The Bertz CT molecular complexity index is 1120. The molecule has 0 saturated carbocycles. The Labute approximate surface area is 188 Å². The largest absolute Gasteiger partial charge is 0.497 e. The molecule has 1 unspecified atom stereocenters. The van der Waals surface area contributed by atoms with Gasteiger partial charge in [0.25, 0.3) is 0 Å². The summed E-state index contributed by atoms with van der Waals surface area (Å²) < 4.78 is 6.77. The van der Waals surface area contributed by atoms with Crippen LogP contribution in [0.5, 0.6) is 5.75 Å². The quantitative estimate of drug-likeness (QED) is 0.443. The first-order valence-electron chi connectivity index (χ1n) is 10.1. The number of thiophene rings is 1. The maximum atomic E-state index is 12.9. The van der Waals surface area contributed by atoms with Gasteiger partial charge in [-0.3, -0.25) is 4.79 Å². The second-order valence-corrected chi connectivity index (χ2v) is 9.61. The number of fused-ring (bicyclic) bond motifs is 1. The molecule has 1 amide bonds. The van der Waals surface area contributed by atoms with Crippen LogP contribution in [-0.2, 0) is 17.6 Å². The molecule has 1 N–H and O–H groups in total. The van der Waals surface area contributed by atoms with Gasteiger partial charge in [0.05, 0.1) is 23.6 Å². The number of rotatable bonds is 6. The van der Waals surface area contributed by atoms with Gasteiger partial charge in [-0.1, -0.05) is 18.2 Å². The molecule has 0 saturated heterocycles. The average molecular weight is 455 g/mol. The normalized spacial score (nSPS) is 14.2. The van der Waals surface area contributed by atoms with E-state index in [-0.39, 0.29) is 5.91 Å². The van der Waals surface area contributed by atoms with Crippen LogP contribution >= 0.6 is 23.1 Å². The van der Waals surface area contributed by atoms with Crippen molar-refractivity contribution in [2.24, 2.45) is 0 Å². The third-order valence-corrected chi connectivity index (χ3v) is 7.42. The second kappa shape index (κ2) is 9.49.